The Morgan fingerprint density at radius 1 is 0.968 bits per heavy atom. The van der Waals surface area contributed by atoms with Gasteiger partial charge in [0.1, 0.15) is 0 Å². The largest absolute Gasteiger partial charge is 0.337 e. The highest BCUT2D eigenvalue weighted by atomic mass is 16.2. The summed E-state index contributed by atoms with van der Waals surface area (Å²) < 4.78 is 2.24. The Kier molecular flexibility index (Phi) is 6.33. The summed E-state index contributed by atoms with van der Waals surface area (Å²) in [7, 11) is 0. The molecule has 31 heavy (non-hydrogen) atoms. The Labute approximate surface area is 184 Å². The van der Waals surface area contributed by atoms with Crippen molar-refractivity contribution in [2.45, 2.75) is 27.3 Å². The molecule has 1 aliphatic heterocycles. The lowest BCUT2D eigenvalue weighted by molar-refractivity contribution is -0.127. The van der Waals surface area contributed by atoms with Crippen LogP contribution in [0.15, 0.2) is 60.9 Å². The summed E-state index contributed by atoms with van der Waals surface area (Å²) in [6.45, 7) is 10.5. The van der Waals surface area contributed by atoms with Crippen LogP contribution in [0.1, 0.15) is 28.1 Å². The number of nitrogens with zero attached hydrogens (tertiary/aromatic N) is 4. The van der Waals surface area contributed by atoms with Crippen molar-refractivity contribution < 1.29 is 4.79 Å². The SMILES string of the molecule is Cc1ccc(-n2c(C)cc(/C=C/C(=O)N3CCN(Cc4ccncc4)CC3)c2C)cc1. The quantitative estimate of drug-likeness (QED) is 0.589. The van der Waals surface area contributed by atoms with Crippen LogP contribution in [0.5, 0.6) is 0 Å². The van der Waals surface area contributed by atoms with Gasteiger partial charge in [0, 0.05) is 68.3 Å². The molecule has 5 heteroatoms. The van der Waals surface area contributed by atoms with Gasteiger partial charge in [-0.05, 0) is 68.3 Å². The third-order valence-corrected chi connectivity index (χ3v) is 6.01. The zero-order valence-corrected chi connectivity index (χ0v) is 18.6. The number of pyridine rings is 1. The van der Waals surface area contributed by atoms with E-state index in [0.29, 0.717) is 0 Å². The molecule has 0 atom stereocenters. The summed E-state index contributed by atoms with van der Waals surface area (Å²) in [5.41, 5.74) is 7.06. The van der Waals surface area contributed by atoms with Crippen LogP contribution < -0.4 is 0 Å². The van der Waals surface area contributed by atoms with Gasteiger partial charge in [-0.25, -0.2) is 0 Å². The molecule has 0 N–H and O–H groups in total. The number of hydrogen-bond acceptors (Lipinski definition) is 3. The number of hydrogen-bond donors (Lipinski definition) is 0. The zero-order valence-electron chi connectivity index (χ0n) is 18.6. The van der Waals surface area contributed by atoms with Gasteiger partial charge < -0.3 is 9.47 Å². The molecule has 0 aliphatic carbocycles. The molecule has 0 bridgehead atoms. The third kappa shape index (κ3) is 4.94. The highest BCUT2D eigenvalue weighted by molar-refractivity contribution is 5.92. The number of amides is 1. The zero-order chi connectivity index (χ0) is 21.8. The van der Waals surface area contributed by atoms with Gasteiger partial charge in [-0.15, -0.1) is 0 Å². The van der Waals surface area contributed by atoms with E-state index >= 15 is 0 Å². The Morgan fingerprint density at radius 2 is 1.65 bits per heavy atom. The molecule has 5 nitrogen and oxygen atoms in total. The number of benzene rings is 1. The second kappa shape index (κ2) is 9.31. The molecular weight excluding hydrogens is 384 g/mol. The molecule has 3 aromatic rings. The number of rotatable bonds is 5. The van der Waals surface area contributed by atoms with Gasteiger partial charge in [0.15, 0.2) is 0 Å². The number of aryl methyl sites for hydroxylation is 2. The summed E-state index contributed by atoms with van der Waals surface area (Å²) in [6, 6.07) is 14.8. The molecule has 1 amide bonds. The van der Waals surface area contributed by atoms with Crippen molar-refractivity contribution in [3.05, 3.63) is 89.0 Å². The smallest absolute Gasteiger partial charge is 0.246 e. The lowest BCUT2D eigenvalue weighted by Gasteiger charge is -2.34. The van der Waals surface area contributed by atoms with Crippen molar-refractivity contribution in [1.29, 1.82) is 0 Å². The van der Waals surface area contributed by atoms with Crippen molar-refractivity contribution in [1.82, 2.24) is 19.4 Å². The van der Waals surface area contributed by atoms with Gasteiger partial charge in [0.05, 0.1) is 0 Å². The monoisotopic (exact) mass is 414 g/mol. The first-order chi connectivity index (χ1) is 15.0. The van der Waals surface area contributed by atoms with Crippen molar-refractivity contribution >= 4 is 12.0 Å². The molecule has 160 valence electrons. The predicted molar refractivity (Wildman–Crippen MR) is 125 cm³/mol. The molecule has 1 aliphatic rings. The average Bonchev–Trinajstić information content (AvgIpc) is 3.07. The number of carbonyl (C=O) groups excluding carboxylic acids is 1. The van der Waals surface area contributed by atoms with E-state index in [2.05, 4.69) is 65.6 Å². The molecule has 0 unspecified atom stereocenters. The minimum absolute atomic E-state index is 0.0868. The van der Waals surface area contributed by atoms with Gasteiger partial charge in [-0.1, -0.05) is 17.7 Å². The predicted octanol–water partition coefficient (Wildman–Crippen LogP) is 4.16. The van der Waals surface area contributed by atoms with Crippen LogP contribution in [-0.2, 0) is 11.3 Å². The van der Waals surface area contributed by atoms with Crippen LogP contribution in [0.4, 0.5) is 0 Å². The second-order valence-electron chi connectivity index (χ2n) is 8.29. The van der Waals surface area contributed by atoms with Gasteiger partial charge in [-0.3, -0.25) is 14.7 Å². The van der Waals surface area contributed by atoms with E-state index in [4.69, 9.17) is 0 Å². The molecule has 1 fully saturated rings. The summed E-state index contributed by atoms with van der Waals surface area (Å²) in [4.78, 5) is 21.2. The Hall–Kier alpha value is -3.18. The maximum atomic E-state index is 12.8. The molecule has 2 aromatic heterocycles. The van der Waals surface area contributed by atoms with E-state index in [1.54, 1.807) is 6.08 Å². The fourth-order valence-corrected chi connectivity index (χ4v) is 4.19. The van der Waals surface area contributed by atoms with E-state index < -0.39 is 0 Å². The summed E-state index contributed by atoms with van der Waals surface area (Å²) >= 11 is 0. The topological polar surface area (TPSA) is 41.4 Å². The number of carbonyl (C=O) groups is 1. The Bertz CT molecular complexity index is 1060. The highest BCUT2D eigenvalue weighted by Crippen LogP contribution is 2.22. The molecule has 1 aromatic carbocycles. The van der Waals surface area contributed by atoms with Crippen LogP contribution in [0.2, 0.25) is 0 Å². The van der Waals surface area contributed by atoms with E-state index in [0.717, 1.165) is 55.4 Å². The maximum absolute atomic E-state index is 12.8. The molecule has 4 rings (SSSR count). The number of aromatic nitrogens is 2. The summed E-state index contributed by atoms with van der Waals surface area (Å²) in [6.07, 6.45) is 7.34. The Morgan fingerprint density at radius 3 is 2.32 bits per heavy atom. The molecule has 3 heterocycles. The lowest BCUT2D eigenvalue weighted by atomic mass is 10.2. The minimum atomic E-state index is 0.0868. The van der Waals surface area contributed by atoms with Crippen LogP contribution in [0.3, 0.4) is 0 Å². The van der Waals surface area contributed by atoms with Crippen LogP contribution >= 0.6 is 0 Å². The maximum Gasteiger partial charge on any atom is 0.246 e. The van der Waals surface area contributed by atoms with E-state index in [1.807, 2.05) is 35.5 Å². The fraction of sp³-hybridized carbons (Fsp3) is 0.308. The molecule has 1 saturated heterocycles. The Balaban J connectivity index is 1.37. The highest BCUT2D eigenvalue weighted by Gasteiger charge is 2.19. The lowest BCUT2D eigenvalue weighted by Crippen LogP contribution is -2.47. The first-order valence-corrected chi connectivity index (χ1v) is 10.9. The van der Waals surface area contributed by atoms with Crippen LogP contribution in [0.25, 0.3) is 11.8 Å². The van der Waals surface area contributed by atoms with Crippen LogP contribution in [-0.4, -0.2) is 51.4 Å². The summed E-state index contributed by atoms with van der Waals surface area (Å²) in [5.74, 6) is 0.0868. The standard InChI is InChI=1S/C26H30N4O/c1-20-4-7-25(8-5-20)30-21(2)18-24(22(30)3)6-9-26(31)29-16-14-28(15-17-29)19-23-10-12-27-13-11-23/h4-13,18H,14-17,19H2,1-3H3/b9-6+. The van der Waals surface area contributed by atoms with E-state index in [-0.39, 0.29) is 5.91 Å². The fourth-order valence-electron chi connectivity index (χ4n) is 4.19. The molecule has 0 radical (unpaired) electrons. The number of piperazine rings is 1. The van der Waals surface area contributed by atoms with Crippen LogP contribution in [0, 0.1) is 20.8 Å². The second-order valence-corrected chi connectivity index (χ2v) is 8.29. The molecular formula is C26H30N4O. The summed E-state index contributed by atoms with van der Waals surface area (Å²) in [5, 5.41) is 0. The minimum Gasteiger partial charge on any atom is -0.337 e. The molecule has 0 saturated carbocycles. The van der Waals surface area contributed by atoms with Crippen molar-refractivity contribution in [3.8, 4) is 5.69 Å². The average molecular weight is 415 g/mol. The third-order valence-electron chi connectivity index (χ3n) is 6.01. The van der Waals surface area contributed by atoms with E-state index in [9.17, 15) is 4.79 Å². The van der Waals surface area contributed by atoms with E-state index in [1.165, 1.54) is 11.1 Å². The normalized spacial score (nSPS) is 15.0. The first-order valence-electron chi connectivity index (χ1n) is 10.9. The van der Waals surface area contributed by atoms with Gasteiger partial charge in [0.2, 0.25) is 5.91 Å². The van der Waals surface area contributed by atoms with Crippen molar-refractivity contribution in [2.24, 2.45) is 0 Å². The van der Waals surface area contributed by atoms with Gasteiger partial charge in [0.25, 0.3) is 0 Å². The van der Waals surface area contributed by atoms with Crippen molar-refractivity contribution in [2.75, 3.05) is 26.2 Å². The van der Waals surface area contributed by atoms with Gasteiger partial charge >= 0.3 is 0 Å². The van der Waals surface area contributed by atoms with Crippen molar-refractivity contribution in [3.63, 3.8) is 0 Å². The first kappa shape index (κ1) is 21.1. The van der Waals surface area contributed by atoms with Gasteiger partial charge in [-0.2, -0.15) is 0 Å². The molecule has 0 spiro atoms.